The van der Waals surface area contributed by atoms with Gasteiger partial charge in [-0.15, -0.1) is 0 Å². The molecular weight excluding hydrogens is 413 g/mol. The fourth-order valence-electron chi connectivity index (χ4n) is 4.43. The number of fused-ring (bicyclic) bond motifs is 7. The Morgan fingerprint density at radius 2 is 1.09 bits per heavy atom. The van der Waals surface area contributed by atoms with E-state index in [4.69, 9.17) is 8.39 Å². The van der Waals surface area contributed by atoms with Crippen LogP contribution in [0.5, 0.6) is 0 Å². The Labute approximate surface area is 190 Å². The smallest absolute Gasteiger partial charge is 0.309 e. The van der Waals surface area contributed by atoms with E-state index in [1.54, 1.807) is 0 Å². The van der Waals surface area contributed by atoms with Crippen LogP contribution in [0.2, 0.25) is 0 Å². The van der Waals surface area contributed by atoms with E-state index in [0.29, 0.717) is 0 Å². The molecule has 0 atom stereocenters. The Hall–Kier alpha value is -2.74. The minimum atomic E-state index is -1.24. The van der Waals surface area contributed by atoms with Crippen molar-refractivity contribution in [2.75, 3.05) is 17.8 Å². The predicted molar refractivity (Wildman–Crippen MR) is 139 cm³/mol. The molecule has 1 aromatic heterocycles. The molecule has 164 valence electrons. The summed E-state index contributed by atoms with van der Waals surface area (Å²) in [4.78, 5) is 0. The Balaban J connectivity index is 1.91. The Morgan fingerprint density at radius 3 is 1.56 bits per heavy atom. The molecule has 0 aliphatic rings. The summed E-state index contributed by atoms with van der Waals surface area (Å²) < 4.78 is 15.9. The highest BCUT2D eigenvalue weighted by molar-refractivity contribution is 7.38. The first-order valence-electron chi connectivity index (χ1n) is 11.7. The molecule has 5 aromatic rings. The lowest BCUT2D eigenvalue weighted by Gasteiger charge is -2.17. The molecule has 4 aromatic carbocycles. The number of nitrogens with zero attached hydrogens (tertiary/aromatic N) is 1. The number of hydrogen-bond donors (Lipinski definition) is 0. The summed E-state index contributed by atoms with van der Waals surface area (Å²) in [6.07, 6.45) is 4.61. The average Bonchev–Trinajstić information content (AvgIpc) is 3.01. The number of unbranched alkanes of at least 4 members (excludes halogenated alkanes) is 2. The van der Waals surface area contributed by atoms with Crippen molar-refractivity contribution in [3.8, 4) is 0 Å². The third kappa shape index (κ3) is 3.92. The van der Waals surface area contributed by atoms with Crippen molar-refractivity contribution in [3.63, 3.8) is 0 Å². The highest BCUT2D eigenvalue weighted by atomic mass is 31.1. The second-order valence-corrected chi connectivity index (χ2v) is 9.81. The van der Waals surface area contributed by atoms with Crippen LogP contribution in [0, 0.1) is 0 Å². The van der Waals surface area contributed by atoms with Crippen molar-refractivity contribution < 1.29 is 8.39 Å². The molecule has 0 radical (unpaired) electrons. The highest BCUT2D eigenvalue weighted by Gasteiger charge is 2.16. The van der Waals surface area contributed by atoms with Gasteiger partial charge in [-0.25, -0.2) is 4.67 Å². The predicted octanol–water partition coefficient (Wildman–Crippen LogP) is 9.13. The van der Waals surface area contributed by atoms with Crippen LogP contribution in [0.1, 0.15) is 39.5 Å². The van der Waals surface area contributed by atoms with Gasteiger partial charge >= 0.3 is 8.16 Å². The zero-order chi connectivity index (χ0) is 21.9. The Kier molecular flexibility index (Phi) is 6.21. The minimum Gasteiger partial charge on any atom is -0.408 e. The lowest BCUT2D eigenvalue weighted by molar-refractivity contribution is 0.604. The van der Waals surface area contributed by atoms with Gasteiger partial charge in [-0.3, -0.25) is 0 Å². The van der Waals surface area contributed by atoms with Gasteiger partial charge in [0.05, 0.1) is 0 Å². The molecule has 4 heteroatoms. The van der Waals surface area contributed by atoms with Crippen molar-refractivity contribution in [1.82, 2.24) is 0 Å². The van der Waals surface area contributed by atoms with E-state index in [1.165, 1.54) is 21.5 Å². The van der Waals surface area contributed by atoms with Crippen molar-refractivity contribution in [3.05, 3.63) is 72.8 Å². The summed E-state index contributed by atoms with van der Waals surface area (Å²) in [6, 6.07) is 25.7. The maximum atomic E-state index is 6.72. The van der Waals surface area contributed by atoms with Gasteiger partial charge in [0.2, 0.25) is 0 Å². The van der Waals surface area contributed by atoms with Gasteiger partial charge in [0.15, 0.2) is 0 Å². The van der Waals surface area contributed by atoms with Crippen LogP contribution in [-0.2, 0) is 0 Å². The fraction of sp³-hybridized carbons (Fsp3) is 0.286. The van der Waals surface area contributed by atoms with Crippen LogP contribution in [-0.4, -0.2) is 13.1 Å². The summed E-state index contributed by atoms with van der Waals surface area (Å²) in [7, 11) is -1.24. The SMILES string of the molecule is CCCCN(CCCC)p1oc2ccc3ccccc3c2c2c(ccc3ccccc32)o1. The standard InChI is InChI=1S/C28H30NO2P/c1-3-5-19-29(20-6-4-2)32-30-25-17-15-21-11-7-9-13-23(21)27(25)28-24-14-10-8-12-22(24)16-18-26(28)31-32/h7-18H,3-6,19-20H2,1-2H3. The molecule has 0 aliphatic carbocycles. The molecule has 0 aliphatic heterocycles. The van der Waals surface area contributed by atoms with E-state index in [2.05, 4.69) is 91.3 Å². The van der Waals surface area contributed by atoms with E-state index in [1.807, 2.05) is 0 Å². The van der Waals surface area contributed by atoms with Gasteiger partial charge in [0, 0.05) is 23.9 Å². The summed E-state index contributed by atoms with van der Waals surface area (Å²) >= 11 is 0. The molecule has 0 N–H and O–H groups in total. The molecule has 3 nitrogen and oxygen atoms in total. The van der Waals surface area contributed by atoms with Crippen LogP contribution < -0.4 is 4.67 Å². The van der Waals surface area contributed by atoms with E-state index in [-0.39, 0.29) is 0 Å². The van der Waals surface area contributed by atoms with E-state index >= 15 is 0 Å². The lowest BCUT2D eigenvalue weighted by Crippen LogP contribution is -2.22. The summed E-state index contributed by atoms with van der Waals surface area (Å²) in [6.45, 7) is 6.47. The Morgan fingerprint density at radius 1 is 0.625 bits per heavy atom. The number of hydrogen-bond acceptors (Lipinski definition) is 3. The Bertz CT molecular complexity index is 1320. The monoisotopic (exact) mass is 443 g/mol. The quantitative estimate of drug-likeness (QED) is 0.251. The van der Waals surface area contributed by atoms with Gasteiger partial charge in [-0.2, -0.15) is 0 Å². The van der Waals surface area contributed by atoms with Gasteiger partial charge in [0.1, 0.15) is 11.2 Å². The molecular formula is C28H30NO2P. The first kappa shape index (κ1) is 21.1. The molecule has 0 unspecified atom stereocenters. The summed E-state index contributed by atoms with van der Waals surface area (Å²) in [5, 5.41) is 7.13. The third-order valence-electron chi connectivity index (χ3n) is 6.15. The maximum Gasteiger partial charge on any atom is 0.309 e. The van der Waals surface area contributed by atoms with E-state index < -0.39 is 8.16 Å². The molecule has 0 saturated carbocycles. The minimum absolute atomic E-state index is 0.919. The van der Waals surface area contributed by atoms with E-state index in [9.17, 15) is 0 Å². The molecule has 32 heavy (non-hydrogen) atoms. The van der Waals surface area contributed by atoms with Gasteiger partial charge in [-0.1, -0.05) is 87.4 Å². The zero-order valence-electron chi connectivity index (χ0n) is 18.9. The van der Waals surface area contributed by atoms with E-state index in [0.717, 1.165) is 60.7 Å². The van der Waals surface area contributed by atoms with Gasteiger partial charge in [0.25, 0.3) is 0 Å². The summed E-state index contributed by atoms with van der Waals surface area (Å²) in [5.41, 5.74) is 1.84. The average molecular weight is 444 g/mol. The third-order valence-corrected chi connectivity index (χ3v) is 7.72. The fourth-order valence-corrected chi connectivity index (χ4v) is 5.95. The van der Waals surface area contributed by atoms with Crippen molar-refractivity contribution in [2.45, 2.75) is 39.5 Å². The number of benzene rings is 4. The van der Waals surface area contributed by atoms with Crippen LogP contribution in [0.25, 0.3) is 43.5 Å². The van der Waals surface area contributed by atoms with Gasteiger partial charge in [-0.05, 0) is 46.5 Å². The van der Waals surface area contributed by atoms with Crippen molar-refractivity contribution >= 4 is 51.6 Å². The van der Waals surface area contributed by atoms with Crippen LogP contribution in [0.3, 0.4) is 0 Å². The van der Waals surface area contributed by atoms with Crippen LogP contribution in [0.4, 0.5) is 0 Å². The highest BCUT2D eigenvalue weighted by Crippen LogP contribution is 2.41. The first-order chi connectivity index (χ1) is 15.8. The van der Waals surface area contributed by atoms with Crippen LogP contribution >= 0.6 is 8.16 Å². The molecule has 0 bridgehead atoms. The molecule has 0 fully saturated rings. The second kappa shape index (κ2) is 9.40. The summed E-state index contributed by atoms with van der Waals surface area (Å²) in [5.74, 6) is 0. The number of rotatable bonds is 7. The normalized spacial score (nSPS) is 11.8. The topological polar surface area (TPSA) is 29.5 Å². The van der Waals surface area contributed by atoms with Gasteiger partial charge < -0.3 is 8.39 Å². The second-order valence-electron chi connectivity index (χ2n) is 8.40. The molecule has 5 rings (SSSR count). The molecule has 0 amide bonds. The molecule has 0 saturated heterocycles. The zero-order valence-corrected chi connectivity index (χ0v) is 19.8. The lowest BCUT2D eigenvalue weighted by atomic mass is 9.99. The maximum absolute atomic E-state index is 6.72. The largest absolute Gasteiger partial charge is 0.408 e. The molecule has 0 spiro atoms. The van der Waals surface area contributed by atoms with Crippen LogP contribution in [0.15, 0.2) is 81.2 Å². The first-order valence-corrected chi connectivity index (χ1v) is 12.9. The molecule has 1 heterocycles. The van der Waals surface area contributed by atoms with Crippen molar-refractivity contribution in [2.24, 2.45) is 0 Å². The van der Waals surface area contributed by atoms with Crippen molar-refractivity contribution in [1.29, 1.82) is 0 Å².